The molecule has 1 aromatic carbocycles. The van der Waals surface area contributed by atoms with Crippen molar-refractivity contribution in [2.45, 2.75) is 89.4 Å². The molecule has 0 spiro atoms. The molecule has 2 heteroatoms. The summed E-state index contributed by atoms with van der Waals surface area (Å²) in [7, 11) is 0. The van der Waals surface area contributed by atoms with Gasteiger partial charge in [0.2, 0.25) is 0 Å². The van der Waals surface area contributed by atoms with Crippen LogP contribution in [0.2, 0.25) is 0 Å². The summed E-state index contributed by atoms with van der Waals surface area (Å²) in [5.74, 6) is 1.24. The van der Waals surface area contributed by atoms with E-state index in [0.29, 0.717) is 17.4 Å². The maximum Gasteiger partial charge on any atom is 0.101 e. The lowest BCUT2D eigenvalue weighted by molar-refractivity contribution is 0.391. The molecule has 2 aromatic rings. The minimum atomic E-state index is 0.552. The van der Waals surface area contributed by atoms with Gasteiger partial charge >= 0.3 is 0 Å². The fourth-order valence-corrected chi connectivity index (χ4v) is 4.50. The van der Waals surface area contributed by atoms with Crippen LogP contribution in [0.3, 0.4) is 0 Å². The molecule has 1 fully saturated rings. The van der Waals surface area contributed by atoms with E-state index in [0.717, 1.165) is 5.69 Å². The maximum atomic E-state index is 8.92. The predicted molar refractivity (Wildman–Crippen MR) is 116 cm³/mol. The zero-order valence-corrected chi connectivity index (χ0v) is 17.4. The molecule has 0 amide bonds. The first-order chi connectivity index (χ1) is 13.8. The molecule has 1 aliphatic carbocycles. The zero-order valence-electron chi connectivity index (χ0n) is 17.4. The molecule has 0 bridgehead atoms. The second-order valence-electron chi connectivity index (χ2n) is 8.39. The summed E-state index contributed by atoms with van der Waals surface area (Å²) in [5.41, 5.74) is 4.82. The molecule has 0 N–H and O–H groups in total. The summed E-state index contributed by atoms with van der Waals surface area (Å²) in [6.07, 6.45) is 16.0. The zero-order chi connectivity index (χ0) is 19.6. The molecule has 2 nitrogen and oxygen atoms in total. The van der Waals surface area contributed by atoms with Gasteiger partial charge in [0.1, 0.15) is 6.07 Å². The molecular weight excluding hydrogens is 340 g/mol. The van der Waals surface area contributed by atoms with Crippen LogP contribution in [0.4, 0.5) is 0 Å². The van der Waals surface area contributed by atoms with Gasteiger partial charge < -0.3 is 0 Å². The summed E-state index contributed by atoms with van der Waals surface area (Å²) >= 11 is 0. The molecular formula is C26H34N2. The monoisotopic (exact) mass is 374 g/mol. The molecule has 1 saturated carbocycles. The Hall–Kier alpha value is -2.14. The number of hydrogen-bond acceptors (Lipinski definition) is 2. The molecule has 0 radical (unpaired) electrons. The molecule has 3 rings (SSSR count). The third kappa shape index (κ3) is 5.93. The highest BCUT2D eigenvalue weighted by Crippen LogP contribution is 2.39. The van der Waals surface area contributed by atoms with Gasteiger partial charge in [-0.05, 0) is 67.7 Å². The van der Waals surface area contributed by atoms with Gasteiger partial charge in [-0.25, -0.2) is 0 Å². The Morgan fingerprint density at radius 1 is 0.857 bits per heavy atom. The number of aryl methyl sites for hydroxylation is 1. The van der Waals surface area contributed by atoms with Gasteiger partial charge in [0.05, 0.1) is 5.56 Å². The average molecular weight is 375 g/mol. The van der Waals surface area contributed by atoms with Crippen LogP contribution in [-0.4, -0.2) is 4.98 Å². The van der Waals surface area contributed by atoms with Crippen LogP contribution in [-0.2, 0) is 6.42 Å². The molecule has 1 heterocycles. The first-order valence-electron chi connectivity index (χ1n) is 11.2. The third-order valence-corrected chi connectivity index (χ3v) is 6.33. The number of nitrogens with zero attached hydrogens (tertiary/aromatic N) is 2. The summed E-state index contributed by atoms with van der Waals surface area (Å²) < 4.78 is 0. The van der Waals surface area contributed by atoms with Crippen molar-refractivity contribution in [1.82, 2.24) is 4.98 Å². The van der Waals surface area contributed by atoms with E-state index in [2.05, 4.69) is 42.2 Å². The number of rotatable bonds is 9. The minimum absolute atomic E-state index is 0.552. The quantitative estimate of drug-likeness (QED) is 0.432. The highest BCUT2D eigenvalue weighted by molar-refractivity contribution is 5.29. The Morgan fingerprint density at radius 3 is 2.18 bits per heavy atom. The third-order valence-electron chi connectivity index (χ3n) is 6.33. The van der Waals surface area contributed by atoms with Gasteiger partial charge in [-0.15, -0.1) is 0 Å². The normalized spacial score (nSPS) is 19.3. The van der Waals surface area contributed by atoms with E-state index in [1.54, 1.807) is 6.20 Å². The summed E-state index contributed by atoms with van der Waals surface area (Å²) in [5, 5.41) is 8.92. The van der Waals surface area contributed by atoms with Crippen molar-refractivity contribution in [2.24, 2.45) is 0 Å². The summed E-state index contributed by atoms with van der Waals surface area (Å²) in [6, 6.07) is 15.6. The van der Waals surface area contributed by atoms with Crippen LogP contribution >= 0.6 is 0 Å². The fraction of sp³-hybridized carbons (Fsp3) is 0.538. The van der Waals surface area contributed by atoms with E-state index < -0.39 is 0 Å². The predicted octanol–water partition coefficient (Wildman–Crippen LogP) is 7.30. The van der Waals surface area contributed by atoms with E-state index in [1.165, 1.54) is 81.8 Å². The van der Waals surface area contributed by atoms with Crippen molar-refractivity contribution in [3.63, 3.8) is 0 Å². The van der Waals surface area contributed by atoms with Crippen molar-refractivity contribution >= 4 is 0 Å². The Morgan fingerprint density at radius 2 is 1.54 bits per heavy atom. The second kappa shape index (κ2) is 11.0. The van der Waals surface area contributed by atoms with Gasteiger partial charge in [-0.1, -0.05) is 63.3 Å². The van der Waals surface area contributed by atoms with E-state index in [4.69, 9.17) is 5.26 Å². The molecule has 148 valence electrons. The first-order valence-corrected chi connectivity index (χ1v) is 11.2. The van der Waals surface area contributed by atoms with Crippen LogP contribution in [0.5, 0.6) is 0 Å². The van der Waals surface area contributed by atoms with Gasteiger partial charge in [0.15, 0.2) is 0 Å². The standard InChI is InChI=1S/C26H34N2/c1-2-3-4-5-6-7-8-21-9-12-23(13-10-21)24-14-16-25(17-15-24)26-18-11-22(19-27)20-28-26/h9-13,18,20,24-25H,2-8,14-17H2,1H3. The van der Waals surface area contributed by atoms with Crippen LogP contribution in [0.25, 0.3) is 0 Å². The highest BCUT2D eigenvalue weighted by atomic mass is 14.7. The van der Waals surface area contributed by atoms with Crippen molar-refractivity contribution in [3.05, 3.63) is 65.0 Å². The maximum absolute atomic E-state index is 8.92. The van der Waals surface area contributed by atoms with Crippen molar-refractivity contribution in [1.29, 1.82) is 5.26 Å². The molecule has 0 aliphatic heterocycles. The van der Waals surface area contributed by atoms with Gasteiger partial charge in [-0.3, -0.25) is 4.98 Å². The fourth-order valence-electron chi connectivity index (χ4n) is 4.50. The number of aromatic nitrogens is 1. The molecule has 28 heavy (non-hydrogen) atoms. The Balaban J connectivity index is 1.43. The van der Waals surface area contributed by atoms with E-state index in [1.807, 2.05) is 12.1 Å². The van der Waals surface area contributed by atoms with Crippen LogP contribution in [0, 0.1) is 11.3 Å². The number of pyridine rings is 1. The van der Waals surface area contributed by atoms with Crippen molar-refractivity contribution in [2.75, 3.05) is 0 Å². The minimum Gasteiger partial charge on any atom is -0.260 e. The molecule has 1 aliphatic rings. The first kappa shape index (κ1) is 20.6. The smallest absolute Gasteiger partial charge is 0.101 e. The van der Waals surface area contributed by atoms with Crippen molar-refractivity contribution in [3.8, 4) is 6.07 Å². The Labute approximate surface area is 171 Å². The molecule has 0 saturated heterocycles. The van der Waals surface area contributed by atoms with Crippen LogP contribution in [0.15, 0.2) is 42.6 Å². The Kier molecular flexibility index (Phi) is 8.09. The second-order valence-corrected chi connectivity index (χ2v) is 8.39. The lowest BCUT2D eigenvalue weighted by Gasteiger charge is -2.28. The SMILES string of the molecule is CCCCCCCCc1ccc(C2CCC(c3ccc(C#N)cn3)CC2)cc1. The molecule has 0 unspecified atom stereocenters. The van der Waals surface area contributed by atoms with Gasteiger partial charge in [-0.2, -0.15) is 5.26 Å². The number of unbranched alkanes of at least 4 members (excludes halogenated alkanes) is 5. The number of benzene rings is 1. The lowest BCUT2D eigenvalue weighted by Crippen LogP contribution is -2.13. The van der Waals surface area contributed by atoms with E-state index in [9.17, 15) is 0 Å². The lowest BCUT2D eigenvalue weighted by atomic mass is 9.77. The van der Waals surface area contributed by atoms with Crippen molar-refractivity contribution < 1.29 is 0 Å². The van der Waals surface area contributed by atoms with Gasteiger partial charge in [0, 0.05) is 17.8 Å². The van der Waals surface area contributed by atoms with E-state index in [-0.39, 0.29) is 0 Å². The van der Waals surface area contributed by atoms with Crippen LogP contribution < -0.4 is 0 Å². The highest BCUT2D eigenvalue weighted by Gasteiger charge is 2.24. The average Bonchev–Trinajstić information content (AvgIpc) is 2.77. The number of hydrogen-bond donors (Lipinski definition) is 0. The molecule has 0 atom stereocenters. The largest absolute Gasteiger partial charge is 0.260 e. The number of nitriles is 1. The van der Waals surface area contributed by atoms with Gasteiger partial charge in [0.25, 0.3) is 0 Å². The summed E-state index contributed by atoms with van der Waals surface area (Å²) in [6.45, 7) is 2.28. The summed E-state index contributed by atoms with van der Waals surface area (Å²) in [4.78, 5) is 4.51. The van der Waals surface area contributed by atoms with E-state index >= 15 is 0 Å². The van der Waals surface area contributed by atoms with Crippen LogP contribution in [0.1, 0.15) is 105 Å². The topological polar surface area (TPSA) is 36.7 Å². The molecule has 1 aromatic heterocycles. The Bertz CT molecular complexity index is 731.